The molecule has 0 aliphatic rings. The Kier molecular flexibility index (Phi) is 4.56. The first-order valence-corrected chi connectivity index (χ1v) is 9.99. The number of hydrogen-bond acceptors (Lipinski definition) is 4. The van der Waals surface area contributed by atoms with E-state index in [0.29, 0.717) is 0 Å². The first-order valence-electron chi connectivity index (χ1n) is 9.99. The molecule has 0 atom stereocenters. The standard InChI is InChI=1S/C25H22N4O/c1-17-23(18(2)30-28-17)20-11-8-12-21(15-20)24-25(26-16-19-9-4-3-5-10-19)29-14-7-6-13-22(29)27-24/h3-15,26H,16H2,1-2H3. The van der Waals surface area contributed by atoms with Gasteiger partial charge in [-0.05, 0) is 43.2 Å². The van der Waals surface area contributed by atoms with Gasteiger partial charge in [0.05, 0.1) is 5.69 Å². The van der Waals surface area contributed by atoms with Crippen LogP contribution < -0.4 is 5.32 Å². The Labute approximate surface area is 175 Å². The van der Waals surface area contributed by atoms with E-state index in [9.17, 15) is 0 Å². The number of nitrogens with zero attached hydrogens (tertiary/aromatic N) is 3. The van der Waals surface area contributed by atoms with E-state index in [4.69, 9.17) is 9.51 Å². The van der Waals surface area contributed by atoms with E-state index < -0.39 is 0 Å². The van der Waals surface area contributed by atoms with Gasteiger partial charge in [0.2, 0.25) is 0 Å². The van der Waals surface area contributed by atoms with Crippen LogP contribution in [0.25, 0.3) is 28.0 Å². The molecular formula is C25H22N4O. The Morgan fingerprint density at radius 3 is 2.50 bits per heavy atom. The molecule has 5 nitrogen and oxygen atoms in total. The maximum absolute atomic E-state index is 5.37. The maximum Gasteiger partial charge on any atom is 0.141 e. The Hall–Kier alpha value is -3.86. The van der Waals surface area contributed by atoms with Gasteiger partial charge in [-0.1, -0.05) is 59.8 Å². The largest absolute Gasteiger partial charge is 0.365 e. The molecule has 0 bridgehead atoms. The van der Waals surface area contributed by atoms with Crippen molar-refractivity contribution >= 4 is 11.5 Å². The zero-order valence-electron chi connectivity index (χ0n) is 17.0. The molecule has 0 amide bonds. The highest BCUT2D eigenvalue weighted by Gasteiger charge is 2.16. The van der Waals surface area contributed by atoms with Crippen molar-refractivity contribution < 1.29 is 4.52 Å². The van der Waals surface area contributed by atoms with Crippen molar-refractivity contribution in [3.63, 3.8) is 0 Å². The van der Waals surface area contributed by atoms with Crippen molar-refractivity contribution in [2.75, 3.05) is 5.32 Å². The number of pyridine rings is 1. The van der Waals surface area contributed by atoms with Crippen molar-refractivity contribution in [2.45, 2.75) is 20.4 Å². The minimum Gasteiger partial charge on any atom is -0.365 e. The zero-order valence-corrected chi connectivity index (χ0v) is 17.0. The smallest absolute Gasteiger partial charge is 0.141 e. The van der Waals surface area contributed by atoms with Gasteiger partial charge in [-0.25, -0.2) is 4.98 Å². The average Bonchev–Trinajstić information content (AvgIpc) is 3.32. The summed E-state index contributed by atoms with van der Waals surface area (Å²) < 4.78 is 7.47. The third-order valence-corrected chi connectivity index (χ3v) is 5.29. The zero-order chi connectivity index (χ0) is 20.5. The summed E-state index contributed by atoms with van der Waals surface area (Å²) >= 11 is 0. The van der Waals surface area contributed by atoms with Crippen molar-refractivity contribution in [2.24, 2.45) is 0 Å². The third kappa shape index (κ3) is 3.24. The van der Waals surface area contributed by atoms with Gasteiger partial charge in [-0.2, -0.15) is 0 Å². The molecule has 0 saturated carbocycles. The van der Waals surface area contributed by atoms with Crippen molar-refractivity contribution in [1.82, 2.24) is 14.5 Å². The number of nitrogens with one attached hydrogen (secondary N) is 1. The molecule has 30 heavy (non-hydrogen) atoms. The summed E-state index contributed by atoms with van der Waals surface area (Å²) in [4.78, 5) is 4.92. The monoisotopic (exact) mass is 394 g/mol. The van der Waals surface area contributed by atoms with E-state index in [1.807, 2.05) is 44.3 Å². The Balaban J connectivity index is 1.60. The molecule has 0 aliphatic heterocycles. The molecule has 3 heterocycles. The topological polar surface area (TPSA) is 55.4 Å². The summed E-state index contributed by atoms with van der Waals surface area (Å²) in [6.07, 6.45) is 2.04. The predicted octanol–water partition coefficient (Wildman–Crippen LogP) is 5.89. The number of fused-ring (bicyclic) bond motifs is 1. The number of hydrogen-bond donors (Lipinski definition) is 1. The lowest BCUT2D eigenvalue weighted by molar-refractivity contribution is 0.393. The molecule has 0 fully saturated rings. The molecular weight excluding hydrogens is 372 g/mol. The second-order valence-electron chi connectivity index (χ2n) is 7.36. The normalized spacial score (nSPS) is 11.1. The lowest BCUT2D eigenvalue weighted by atomic mass is 10.0. The van der Waals surface area contributed by atoms with Gasteiger partial charge in [0, 0.05) is 23.9 Å². The Bertz CT molecular complexity index is 1300. The fourth-order valence-electron chi connectivity index (χ4n) is 3.86. The van der Waals surface area contributed by atoms with Crippen molar-refractivity contribution in [1.29, 1.82) is 0 Å². The molecule has 0 spiro atoms. The lowest BCUT2D eigenvalue weighted by Gasteiger charge is -2.10. The first kappa shape index (κ1) is 18.2. The van der Waals surface area contributed by atoms with E-state index in [0.717, 1.165) is 51.8 Å². The number of benzene rings is 2. The molecule has 0 radical (unpaired) electrons. The number of anilines is 1. The van der Waals surface area contributed by atoms with Crippen LogP contribution in [-0.4, -0.2) is 14.5 Å². The van der Waals surface area contributed by atoms with Crippen LogP contribution in [0.2, 0.25) is 0 Å². The number of aromatic nitrogens is 3. The van der Waals surface area contributed by atoms with Gasteiger partial charge < -0.3 is 9.84 Å². The fraction of sp³-hybridized carbons (Fsp3) is 0.120. The molecule has 148 valence electrons. The van der Waals surface area contributed by atoms with Crippen LogP contribution in [-0.2, 0) is 6.54 Å². The summed E-state index contributed by atoms with van der Waals surface area (Å²) in [6.45, 7) is 4.64. The fourth-order valence-corrected chi connectivity index (χ4v) is 3.86. The van der Waals surface area contributed by atoms with Crippen molar-refractivity contribution in [3.05, 3.63) is 96.0 Å². The second kappa shape index (κ2) is 7.52. The van der Waals surface area contributed by atoms with Crippen LogP contribution in [0.3, 0.4) is 0 Å². The lowest BCUT2D eigenvalue weighted by Crippen LogP contribution is -2.03. The van der Waals surface area contributed by atoms with Crippen LogP contribution in [0.15, 0.2) is 83.5 Å². The van der Waals surface area contributed by atoms with Crippen LogP contribution in [0, 0.1) is 13.8 Å². The van der Waals surface area contributed by atoms with Crippen molar-refractivity contribution in [3.8, 4) is 22.4 Å². The summed E-state index contributed by atoms with van der Waals surface area (Å²) in [5.41, 5.74) is 7.11. The summed E-state index contributed by atoms with van der Waals surface area (Å²) in [5.74, 6) is 1.80. The number of imidazole rings is 1. The third-order valence-electron chi connectivity index (χ3n) is 5.29. The van der Waals surface area contributed by atoms with Gasteiger partial charge in [0.15, 0.2) is 0 Å². The summed E-state index contributed by atoms with van der Waals surface area (Å²) in [6, 6.07) is 24.8. The molecule has 5 rings (SSSR count). The highest BCUT2D eigenvalue weighted by atomic mass is 16.5. The van der Waals surface area contributed by atoms with E-state index in [2.05, 4.69) is 63.4 Å². The van der Waals surface area contributed by atoms with Crippen LogP contribution >= 0.6 is 0 Å². The maximum atomic E-state index is 5.37. The highest BCUT2D eigenvalue weighted by molar-refractivity contribution is 5.80. The van der Waals surface area contributed by atoms with E-state index in [1.54, 1.807) is 0 Å². The molecule has 0 aliphatic carbocycles. The SMILES string of the molecule is Cc1noc(C)c1-c1cccc(-c2nc3ccccn3c2NCc2ccccc2)c1. The van der Waals surface area contributed by atoms with E-state index in [1.165, 1.54) is 5.56 Å². The van der Waals surface area contributed by atoms with Gasteiger partial charge in [-0.3, -0.25) is 4.40 Å². The summed E-state index contributed by atoms with van der Waals surface area (Å²) in [5, 5.41) is 7.70. The number of rotatable bonds is 5. The molecule has 1 N–H and O–H groups in total. The van der Waals surface area contributed by atoms with Crippen LogP contribution in [0.4, 0.5) is 5.82 Å². The molecule has 0 unspecified atom stereocenters. The van der Waals surface area contributed by atoms with Gasteiger partial charge in [-0.15, -0.1) is 0 Å². The summed E-state index contributed by atoms with van der Waals surface area (Å²) in [7, 11) is 0. The molecule has 3 aromatic heterocycles. The second-order valence-corrected chi connectivity index (χ2v) is 7.36. The Morgan fingerprint density at radius 2 is 1.70 bits per heavy atom. The molecule has 2 aromatic carbocycles. The molecule has 5 heteroatoms. The van der Waals surface area contributed by atoms with E-state index >= 15 is 0 Å². The molecule has 0 saturated heterocycles. The minimum atomic E-state index is 0.722. The van der Waals surface area contributed by atoms with E-state index in [-0.39, 0.29) is 0 Å². The van der Waals surface area contributed by atoms with Crippen LogP contribution in [0.5, 0.6) is 0 Å². The predicted molar refractivity (Wildman–Crippen MR) is 119 cm³/mol. The molecule has 5 aromatic rings. The van der Waals surface area contributed by atoms with Crippen LogP contribution in [0.1, 0.15) is 17.0 Å². The number of aryl methyl sites for hydroxylation is 2. The quantitative estimate of drug-likeness (QED) is 0.404. The first-order chi connectivity index (χ1) is 14.7. The average molecular weight is 394 g/mol. The van der Waals surface area contributed by atoms with Gasteiger partial charge >= 0.3 is 0 Å². The Morgan fingerprint density at radius 1 is 0.900 bits per heavy atom. The highest BCUT2D eigenvalue weighted by Crippen LogP contribution is 2.34. The minimum absolute atomic E-state index is 0.722. The van der Waals surface area contributed by atoms with Gasteiger partial charge in [0.1, 0.15) is 22.9 Å². The van der Waals surface area contributed by atoms with Gasteiger partial charge in [0.25, 0.3) is 0 Å².